The molecule has 3 aromatic rings. The van der Waals surface area contributed by atoms with Crippen molar-refractivity contribution in [2.75, 3.05) is 16.2 Å². The number of carbonyl (C=O) groups excluding carboxylic acids is 1. The van der Waals surface area contributed by atoms with Crippen LogP contribution < -0.4 is 9.62 Å². The number of phenolic OH excluding ortho intramolecular Hbond substituents is 1. The summed E-state index contributed by atoms with van der Waals surface area (Å²) in [6.07, 6.45) is 0. The Morgan fingerprint density at radius 1 is 1.04 bits per heavy atom. The van der Waals surface area contributed by atoms with E-state index in [0.29, 0.717) is 23.2 Å². The van der Waals surface area contributed by atoms with Gasteiger partial charge in [0.2, 0.25) is 0 Å². The van der Waals surface area contributed by atoms with Crippen molar-refractivity contribution in [1.29, 1.82) is 0 Å². The van der Waals surface area contributed by atoms with E-state index in [0.717, 1.165) is 11.1 Å². The third-order valence-corrected chi connectivity index (χ3v) is 5.87. The summed E-state index contributed by atoms with van der Waals surface area (Å²) >= 11 is 0. The zero-order chi connectivity index (χ0) is 18.5. The molecule has 132 valence electrons. The molecular formula is C19H16N2O4S. The van der Waals surface area contributed by atoms with Gasteiger partial charge < -0.3 is 10.0 Å². The lowest BCUT2D eigenvalue weighted by molar-refractivity contribution is 0.0994. The first-order valence-electron chi connectivity index (χ1n) is 8.12. The first kappa shape index (κ1) is 16.4. The van der Waals surface area contributed by atoms with Crippen LogP contribution in [0.2, 0.25) is 0 Å². The van der Waals surface area contributed by atoms with Crippen LogP contribution in [0.5, 0.6) is 5.75 Å². The number of anilines is 2. The number of sulfonamides is 1. The maximum atomic E-state index is 12.7. The van der Waals surface area contributed by atoms with Gasteiger partial charge in [0, 0.05) is 22.9 Å². The molecule has 6 nitrogen and oxygen atoms in total. The lowest BCUT2D eigenvalue weighted by Gasteiger charge is -2.16. The van der Waals surface area contributed by atoms with Crippen molar-refractivity contribution in [3.8, 4) is 5.75 Å². The summed E-state index contributed by atoms with van der Waals surface area (Å²) < 4.78 is 27.9. The van der Waals surface area contributed by atoms with Crippen LogP contribution >= 0.6 is 0 Å². The summed E-state index contributed by atoms with van der Waals surface area (Å²) in [6.45, 7) is 2.44. The maximum Gasteiger partial charge on any atom is 0.261 e. The summed E-state index contributed by atoms with van der Waals surface area (Å²) in [5.41, 5.74) is 1.77. The van der Waals surface area contributed by atoms with Crippen LogP contribution in [-0.4, -0.2) is 26.0 Å². The molecule has 0 unspecified atom stereocenters. The topological polar surface area (TPSA) is 86.7 Å². The average molecular weight is 368 g/mol. The second-order valence-electron chi connectivity index (χ2n) is 6.01. The molecule has 1 aliphatic heterocycles. The van der Waals surface area contributed by atoms with Gasteiger partial charge in [0.15, 0.2) is 0 Å². The fourth-order valence-electron chi connectivity index (χ4n) is 3.28. The smallest absolute Gasteiger partial charge is 0.261 e. The molecule has 0 aromatic heterocycles. The van der Waals surface area contributed by atoms with Crippen LogP contribution in [0.15, 0.2) is 59.5 Å². The molecule has 1 amide bonds. The number of benzene rings is 3. The monoisotopic (exact) mass is 368 g/mol. The molecule has 0 atom stereocenters. The van der Waals surface area contributed by atoms with Crippen molar-refractivity contribution < 1.29 is 18.3 Å². The number of phenols is 1. The summed E-state index contributed by atoms with van der Waals surface area (Å²) in [5, 5.41) is 10.8. The Morgan fingerprint density at radius 3 is 2.46 bits per heavy atom. The van der Waals surface area contributed by atoms with Gasteiger partial charge in [-0.3, -0.25) is 9.52 Å². The molecule has 0 radical (unpaired) electrons. The van der Waals surface area contributed by atoms with Gasteiger partial charge in [-0.05, 0) is 49.4 Å². The minimum atomic E-state index is -3.82. The highest BCUT2D eigenvalue weighted by Crippen LogP contribution is 2.40. The SMILES string of the molecule is CCN1C(=O)c2cccc3c(NS(=O)(=O)c4ccc(O)cc4)ccc1c23. The molecule has 0 bridgehead atoms. The van der Waals surface area contributed by atoms with E-state index >= 15 is 0 Å². The maximum absolute atomic E-state index is 12.7. The summed E-state index contributed by atoms with van der Waals surface area (Å²) in [4.78, 5) is 14.2. The van der Waals surface area contributed by atoms with Crippen LogP contribution in [0.1, 0.15) is 17.3 Å². The van der Waals surface area contributed by atoms with Gasteiger partial charge in [-0.25, -0.2) is 8.42 Å². The van der Waals surface area contributed by atoms with Gasteiger partial charge in [0.1, 0.15) is 5.75 Å². The zero-order valence-electron chi connectivity index (χ0n) is 13.9. The van der Waals surface area contributed by atoms with Crippen LogP contribution in [0.25, 0.3) is 10.8 Å². The second-order valence-corrected chi connectivity index (χ2v) is 7.69. The lowest BCUT2D eigenvalue weighted by Crippen LogP contribution is -2.25. The molecule has 3 aromatic carbocycles. The van der Waals surface area contributed by atoms with Crippen molar-refractivity contribution in [1.82, 2.24) is 0 Å². The highest BCUT2D eigenvalue weighted by molar-refractivity contribution is 7.92. The number of nitrogens with zero attached hydrogens (tertiary/aromatic N) is 1. The standard InChI is InChI=1S/C19H16N2O4S/c1-2-21-17-11-10-16(14-4-3-5-15(18(14)17)19(21)23)20-26(24,25)13-8-6-12(22)7-9-13/h3-11,20,22H,2H2,1H3. The van der Waals surface area contributed by atoms with E-state index in [-0.39, 0.29) is 16.6 Å². The molecule has 0 spiro atoms. The number of rotatable bonds is 4. The third-order valence-electron chi connectivity index (χ3n) is 4.49. The number of carbonyl (C=O) groups is 1. The predicted octanol–water partition coefficient (Wildman–Crippen LogP) is 3.33. The van der Waals surface area contributed by atoms with E-state index in [1.165, 1.54) is 24.3 Å². The minimum Gasteiger partial charge on any atom is -0.508 e. The van der Waals surface area contributed by atoms with E-state index in [2.05, 4.69) is 4.72 Å². The van der Waals surface area contributed by atoms with Crippen LogP contribution in [0.3, 0.4) is 0 Å². The first-order valence-corrected chi connectivity index (χ1v) is 9.60. The van der Waals surface area contributed by atoms with Crippen molar-refractivity contribution in [3.05, 3.63) is 60.2 Å². The summed E-state index contributed by atoms with van der Waals surface area (Å²) in [7, 11) is -3.82. The summed E-state index contributed by atoms with van der Waals surface area (Å²) in [5.74, 6) is -0.0842. The lowest BCUT2D eigenvalue weighted by atomic mass is 10.0. The number of amides is 1. The first-order chi connectivity index (χ1) is 12.4. The molecule has 1 heterocycles. The Labute approximate surface area is 150 Å². The fourth-order valence-corrected chi connectivity index (χ4v) is 4.36. The average Bonchev–Trinajstić information content (AvgIpc) is 2.91. The largest absolute Gasteiger partial charge is 0.508 e. The highest BCUT2D eigenvalue weighted by atomic mass is 32.2. The Kier molecular flexibility index (Phi) is 3.62. The third kappa shape index (κ3) is 2.40. The van der Waals surface area contributed by atoms with E-state index in [9.17, 15) is 18.3 Å². The van der Waals surface area contributed by atoms with E-state index in [4.69, 9.17) is 0 Å². The number of nitrogens with one attached hydrogen (secondary N) is 1. The number of hydrogen-bond donors (Lipinski definition) is 2. The molecule has 7 heteroatoms. The van der Waals surface area contributed by atoms with Gasteiger partial charge in [-0.2, -0.15) is 0 Å². The second kappa shape index (κ2) is 5.74. The van der Waals surface area contributed by atoms with E-state index < -0.39 is 10.0 Å². The Hall–Kier alpha value is -3.06. The molecule has 4 rings (SSSR count). The quantitative estimate of drug-likeness (QED) is 0.740. The minimum absolute atomic E-state index is 0.00699. The van der Waals surface area contributed by atoms with Crippen molar-refractivity contribution in [2.45, 2.75) is 11.8 Å². The molecule has 2 N–H and O–H groups in total. The van der Waals surface area contributed by atoms with Gasteiger partial charge in [0.05, 0.1) is 16.3 Å². The van der Waals surface area contributed by atoms with Crippen molar-refractivity contribution >= 4 is 38.1 Å². The van der Waals surface area contributed by atoms with Gasteiger partial charge in [0.25, 0.3) is 15.9 Å². The zero-order valence-corrected chi connectivity index (χ0v) is 14.7. The van der Waals surface area contributed by atoms with E-state index in [1.807, 2.05) is 6.92 Å². The van der Waals surface area contributed by atoms with Crippen LogP contribution in [0, 0.1) is 0 Å². The normalized spacial score (nSPS) is 13.4. The molecule has 0 saturated heterocycles. The van der Waals surface area contributed by atoms with Gasteiger partial charge >= 0.3 is 0 Å². The van der Waals surface area contributed by atoms with Crippen molar-refractivity contribution in [3.63, 3.8) is 0 Å². The number of aromatic hydroxyl groups is 1. The van der Waals surface area contributed by atoms with Gasteiger partial charge in [-0.15, -0.1) is 0 Å². The Balaban J connectivity index is 1.84. The molecule has 1 aliphatic rings. The molecule has 26 heavy (non-hydrogen) atoms. The Bertz CT molecular complexity index is 1140. The Morgan fingerprint density at radius 2 is 1.77 bits per heavy atom. The van der Waals surface area contributed by atoms with Crippen LogP contribution in [-0.2, 0) is 10.0 Å². The fraction of sp³-hybridized carbons (Fsp3) is 0.105. The summed E-state index contributed by atoms with van der Waals surface area (Å²) in [6, 6.07) is 14.0. The predicted molar refractivity (Wildman–Crippen MR) is 100 cm³/mol. The molecular weight excluding hydrogens is 352 g/mol. The number of hydrogen-bond acceptors (Lipinski definition) is 4. The van der Waals surface area contributed by atoms with E-state index in [1.54, 1.807) is 35.2 Å². The highest BCUT2D eigenvalue weighted by Gasteiger charge is 2.29. The molecule has 0 saturated carbocycles. The van der Waals surface area contributed by atoms with Crippen molar-refractivity contribution in [2.24, 2.45) is 0 Å². The van der Waals surface area contributed by atoms with Gasteiger partial charge in [-0.1, -0.05) is 12.1 Å². The van der Waals surface area contributed by atoms with Crippen LogP contribution in [0.4, 0.5) is 11.4 Å². The molecule has 0 fully saturated rings. The molecule has 0 aliphatic carbocycles.